The summed E-state index contributed by atoms with van der Waals surface area (Å²) in [6.07, 6.45) is 10.7. The average molecular weight is 225 g/mol. The average Bonchev–Trinajstić information content (AvgIpc) is 2.40. The van der Waals surface area contributed by atoms with Crippen molar-refractivity contribution in [1.29, 1.82) is 5.26 Å². The van der Waals surface area contributed by atoms with Crippen molar-refractivity contribution >= 4 is 0 Å². The van der Waals surface area contributed by atoms with Gasteiger partial charge in [0.25, 0.3) is 0 Å². The molecule has 17 heavy (non-hydrogen) atoms. The Morgan fingerprint density at radius 1 is 1.18 bits per heavy atom. The third-order valence-corrected chi connectivity index (χ3v) is 3.82. The molecule has 0 bridgehead atoms. The zero-order valence-electron chi connectivity index (χ0n) is 10.4. The van der Waals surface area contributed by atoms with Crippen LogP contribution in [0.3, 0.4) is 0 Å². The van der Waals surface area contributed by atoms with Crippen molar-refractivity contribution < 1.29 is 0 Å². The molecule has 0 unspecified atom stereocenters. The van der Waals surface area contributed by atoms with Gasteiger partial charge in [-0.15, -0.1) is 0 Å². The van der Waals surface area contributed by atoms with Gasteiger partial charge in [-0.2, -0.15) is 5.26 Å². The Balaban J connectivity index is 2.49. The Bertz CT molecular complexity index is 445. The number of rotatable bonds is 2. The van der Waals surface area contributed by atoms with Gasteiger partial charge in [0.2, 0.25) is 0 Å². The summed E-state index contributed by atoms with van der Waals surface area (Å²) >= 11 is 0. The largest absolute Gasteiger partial charge is 0.192 e. The Kier molecular flexibility index (Phi) is 3.64. The number of hydrogen-bond acceptors (Lipinski definition) is 1. The van der Waals surface area contributed by atoms with Crippen LogP contribution in [0.4, 0.5) is 0 Å². The molecule has 0 atom stereocenters. The molecular weight excluding hydrogens is 206 g/mol. The van der Waals surface area contributed by atoms with Crippen molar-refractivity contribution in [3.8, 4) is 6.07 Å². The molecule has 1 aliphatic rings. The summed E-state index contributed by atoms with van der Waals surface area (Å²) in [5, 5.41) is 9.26. The van der Waals surface area contributed by atoms with E-state index in [0.29, 0.717) is 0 Å². The zero-order chi connectivity index (χ0) is 12.1. The smallest absolute Gasteiger partial charge is 0.0994 e. The highest BCUT2D eigenvalue weighted by molar-refractivity contribution is 5.45. The van der Waals surface area contributed by atoms with Crippen molar-refractivity contribution in [3.63, 3.8) is 0 Å². The first-order chi connectivity index (χ1) is 8.32. The highest BCUT2D eigenvalue weighted by Gasteiger charge is 2.32. The number of hydrogen-bond donors (Lipinski definition) is 0. The molecular formula is C16H19N. The van der Waals surface area contributed by atoms with E-state index in [1.165, 1.54) is 37.7 Å². The topological polar surface area (TPSA) is 23.8 Å². The van der Waals surface area contributed by atoms with Crippen LogP contribution < -0.4 is 0 Å². The van der Waals surface area contributed by atoms with Gasteiger partial charge in [-0.05, 0) is 31.4 Å². The van der Waals surface area contributed by atoms with Crippen LogP contribution in [0.2, 0.25) is 0 Å². The second-order valence-electron chi connectivity index (χ2n) is 4.87. The molecule has 0 spiro atoms. The van der Waals surface area contributed by atoms with Crippen LogP contribution >= 0.6 is 0 Å². The number of nitriles is 1. The lowest BCUT2D eigenvalue weighted by Gasteiger charge is -2.35. The van der Waals surface area contributed by atoms with E-state index in [1.807, 2.05) is 12.1 Å². The molecule has 1 aliphatic carbocycles. The van der Waals surface area contributed by atoms with E-state index in [2.05, 4.69) is 37.3 Å². The van der Waals surface area contributed by atoms with E-state index in [9.17, 15) is 5.26 Å². The Morgan fingerprint density at radius 3 is 2.53 bits per heavy atom. The van der Waals surface area contributed by atoms with Crippen LogP contribution in [-0.4, -0.2) is 0 Å². The maximum Gasteiger partial charge on any atom is 0.0994 e. The summed E-state index contributed by atoms with van der Waals surface area (Å²) < 4.78 is 0. The van der Waals surface area contributed by atoms with Crippen LogP contribution in [0, 0.1) is 11.3 Å². The standard InChI is InChI=1S/C16H19N/c1-2-10-16(11-6-3-7-12-16)15-9-5-4-8-14(15)13-17/h2,4-5,8-10H,3,6-7,11-12H2,1H3. The number of benzene rings is 1. The first kappa shape index (κ1) is 11.9. The molecule has 1 aromatic carbocycles. The van der Waals surface area contributed by atoms with E-state index in [-0.39, 0.29) is 5.41 Å². The highest BCUT2D eigenvalue weighted by Crippen LogP contribution is 2.41. The van der Waals surface area contributed by atoms with Gasteiger partial charge in [0.1, 0.15) is 0 Å². The molecule has 1 saturated carbocycles. The van der Waals surface area contributed by atoms with Crippen molar-refractivity contribution in [2.75, 3.05) is 0 Å². The molecule has 0 N–H and O–H groups in total. The Labute approximate surface area is 104 Å². The van der Waals surface area contributed by atoms with Gasteiger partial charge < -0.3 is 0 Å². The molecule has 0 aromatic heterocycles. The predicted octanol–water partition coefficient (Wildman–Crippen LogP) is 4.34. The third-order valence-electron chi connectivity index (χ3n) is 3.82. The SMILES string of the molecule is CC=CC1(c2ccccc2C#N)CCCCC1. The highest BCUT2D eigenvalue weighted by atomic mass is 14.4. The molecule has 1 aromatic rings. The normalized spacial score (nSPS) is 19.1. The van der Waals surface area contributed by atoms with E-state index in [1.54, 1.807) is 0 Å². The maximum absolute atomic E-state index is 9.26. The quantitative estimate of drug-likeness (QED) is 0.687. The van der Waals surface area contributed by atoms with Crippen LogP contribution in [-0.2, 0) is 5.41 Å². The summed E-state index contributed by atoms with van der Waals surface area (Å²) in [7, 11) is 0. The fraction of sp³-hybridized carbons (Fsp3) is 0.438. The molecule has 1 fully saturated rings. The van der Waals surface area contributed by atoms with Crippen molar-refractivity contribution in [1.82, 2.24) is 0 Å². The van der Waals surface area contributed by atoms with Gasteiger partial charge in [-0.1, -0.05) is 49.6 Å². The lowest BCUT2D eigenvalue weighted by Crippen LogP contribution is -2.27. The first-order valence-corrected chi connectivity index (χ1v) is 6.46. The summed E-state index contributed by atoms with van der Waals surface area (Å²) in [6.45, 7) is 2.07. The molecule has 0 radical (unpaired) electrons. The fourth-order valence-electron chi connectivity index (χ4n) is 3.04. The number of nitrogens with zero attached hydrogens (tertiary/aromatic N) is 1. The van der Waals surface area contributed by atoms with Crippen molar-refractivity contribution in [2.24, 2.45) is 0 Å². The van der Waals surface area contributed by atoms with E-state index >= 15 is 0 Å². The molecule has 88 valence electrons. The third kappa shape index (κ3) is 2.26. The summed E-state index contributed by atoms with van der Waals surface area (Å²) in [5.74, 6) is 0. The Hall–Kier alpha value is -1.55. The minimum Gasteiger partial charge on any atom is -0.192 e. The monoisotopic (exact) mass is 225 g/mol. The molecule has 0 amide bonds. The van der Waals surface area contributed by atoms with E-state index in [4.69, 9.17) is 0 Å². The summed E-state index contributed by atoms with van der Waals surface area (Å²) in [4.78, 5) is 0. The minimum absolute atomic E-state index is 0.110. The van der Waals surface area contributed by atoms with Crippen molar-refractivity contribution in [3.05, 3.63) is 47.5 Å². The predicted molar refractivity (Wildman–Crippen MR) is 70.7 cm³/mol. The second kappa shape index (κ2) is 5.19. The van der Waals surface area contributed by atoms with Gasteiger partial charge in [0, 0.05) is 5.41 Å². The lowest BCUT2D eigenvalue weighted by molar-refractivity contribution is 0.356. The van der Waals surface area contributed by atoms with Crippen LogP contribution in [0.5, 0.6) is 0 Å². The summed E-state index contributed by atoms with van der Waals surface area (Å²) in [6, 6.07) is 10.4. The molecule has 0 saturated heterocycles. The Morgan fingerprint density at radius 2 is 1.88 bits per heavy atom. The van der Waals surface area contributed by atoms with Gasteiger partial charge in [-0.25, -0.2) is 0 Å². The molecule has 0 heterocycles. The first-order valence-electron chi connectivity index (χ1n) is 6.46. The number of allylic oxidation sites excluding steroid dienone is 2. The molecule has 0 aliphatic heterocycles. The molecule has 1 heteroatoms. The zero-order valence-corrected chi connectivity index (χ0v) is 10.4. The van der Waals surface area contributed by atoms with E-state index in [0.717, 1.165) is 5.56 Å². The van der Waals surface area contributed by atoms with Crippen LogP contribution in [0.1, 0.15) is 50.2 Å². The van der Waals surface area contributed by atoms with E-state index < -0.39 is 0 Å². The van der Waals surface area contributed by atoms with Gasteiger partial charge in [0.15, 0.2) is 0 Å². The second-order valence-corrected chi connectivity index (χ2v) is 4.87. The minimum atomic E-state index is 0.110. The fourth-order valence-corrected chi connectivity index (χ4v) is 3.04. The van der Waals surface area contributed by atoms with Crippen LogP contribution in [0.15, 0.2) is 36.4 Å². The summed E-state index contributed by atoms with van der Waals surface area (Å²) in [5.41, 5.74) is 2.17. The van der Waals surface area contributed by atoms with Gasteiger partial charge >= 0.3 is 0 Å². The van der Waals surface area contributed by atoms with Crippen LogP contribution in [0.25, 0.3) is 0 Å². The van der Waals surface area contributed by atoms with Gasteiger partial charge in [0.05, 0.1) is 11.6 Å². The van der Waals surface area contributed by atoms with Crippen molar-refractivity contribution in [2.45, 2.75) is 44.4 Å². The maximum atomic E-state index is 9.26. The molecule has 1 nitrogen and oxygen atoms in total. The lowest BCUT2D eigenvalue weighted by atomic mass is 9.68. The van der Waals surface area contributed by atoms with Gasteiger partial charge in [-0.3, -0.25) is 0 Å². The molecule has 2 rings (SSSR count).